The molecule has 22 heavy (non-hydrogen) atoms. The molecular weight excluding hydrogens is 272 g/mol. The van der Waals surface area contributed by atoms with Crippen LogP contribution in [0.4, 0.5) is 0 Å². The molecule has 1 aliphatic heterocycles. The molecule has 0 radical (unpaired) electrons. The quantitative estimate of drug-likeness (QED) is 0.743. The Hall–Kier alpha value is -2.06. The van der Waals surface area contributed by atoms with E-state index in [1.807, 2.05) is 12.1 Å². The van der Waals surface area contributed by atoms with Crippen LogP contribution in [0.15, 0.2) is 66.7 Å². The summed E-state index contributed by atoms with van der Waals surface area (Å²) in [6, 6.07) is 18.7. The highest BCUT2D eigenvalue weighted by molar-refractivity contribution is 5.30. The van der Waals surface area contributed by atoms with Crippen molar-refractivity contribution < 1.29 is 9.47 Å². The van der Waals surface area contributed by atoms with Crippen LogP contribution in [0.5, 0.6) is 5.75 Å². The standard InChI is InChI=1S/C20H22O2/c1-21-18-14-11-17(12-15-18)20-9-5-8-19(22-20)13-10-16-6-3-2-4-7-16/h2-7,9,11-12,14-15,19-20H,8,10,13H2,1H3/t19-,20-/m1/s1. The number of methoxy groups -OCH3 is 1. The lowest BCUT2D eigenvalue weighted by atomic mass is 10.0. The van der Waals surface area contributed by atoms with Gasteiger partial charge in [-0.15, -0.1) is 0 Å². The molecule has 114 valence electrons. The lowest BCUT2D eigenvalue weighted by molar-refractivity contribution is 0.000722. The summed E-state index contributed by atoms with van der Waals surface area (Å²) in [6.45, 7) is 0. The molecule has 0 aromatic heterocycles. The molecule has 0 saturated carbocycles. The van der Waals surface area contributed by atoms with Gasteiger partial charge in [0.25, 0.3) is 0 Å². The van der Waals surface area contributed by atoms with E-state index in [0.717, 1.165) is 25.0 Å². The fourth-order valence-corrected chi connectivity index (χ4v) is 2.80. The molecular formula is C20H22O2. The zero-order valence-electron chi connectivity index (χ0n) is 12.9. The third-order valence-electron chi connectivity index (χ3n) is 4.09. The van der Waals surface area contributed by atoms with Crippen LogP contribution in [0.3, 0.4) is 0 Å². The molecule has 1 heterocycles. The van der Waals surface area contributed by atoms with Crippen LogP contribution in [0.25, 0.3) is 0 Å². The van der Waals surface area contributed by atoms with Crippen molar-refractivity contribution >= 4 is 0 Å². The van der Waals surface area contributed by atoms with Crippen molar-refractivity contribution in [2.45, 2.75) is 31.5 Å². The molecule has 2 atom stereocenters. The van der Waals surface area contributed by atoms with Crippen molar-refractivity contribution in [1.29, 1.82) is 0 Å². The van der Waals surface area contributed by atoms with Gasteiger partial charge in [-0.2, -0.15) is 0 Å². The van der Waals surface area contributed by atoms with Crippen LogP contribution >= 0.6 is 0 Å². The van der Waals surface area contributed by atoms with E-state index in [0.29, 0.717) is 0 Å². The van der Waals surface area contributed by atoms with Gasteiger partial charge in [0.05, 0.1) is 13.2 Å². The summed E-state index contributed by atoms with van der Waals surface area (Å²) >= 11 is 0. The zero-order chi connectivity index (χ0) is 15.2. The van der Waals surface area contributed by atoms with Gasteiger partial charge in [-0.05, 0) is 42.5 Å². The van der Waals surface area contributed by atoms with Crippen molar-refractivity contribution in [2.75, 3.05) is 7.11 Å². The van der Waals surface area contributed by atoms with Gasteiger partial charge in [-0.25, -0.2) is 0 Å². The number of hydrogen-bond acceptors (Lipinski definition) is 2. The van der Waals surface area contributed by atoms with Gasteiger partial charge < -0.3 is 9.47 Å². The number of aryl methyl sites for hydroxylation is 1. The molecule has 0 bridgehead atoms. The van der Waals surface area contributed by atoms with E-state index in [2.05, 4.69) is 54.6 Å². The van der Waals surface area contributed by atoms with Crippen LogP contribution in [0.1, 0.15) is 30.1 Å². The summed E-state index contributed by atoms with van der Waals surface area (Å²) in [4.78, 5) is 0. The third kappa shape index (κ3) is 3.77. The maximum atomic E-state index is 6.24. The monoisotopic (exact) mass is 294 g/mol. The molecule has 2 nitrogen and oxygen atoms in total. The minimum Gasteiger partial charge on any atom is -0.497 e. The van der Waals surface area contributed by atoms with Gasteiger partial charge in [0.1, 0.15) is 11.9 Å². The number of benzene rings is 2. The first kappa shape index (κ1) is 14.9. The predicted octanol–water partition coefficient (Wildman–Crippen LogP) is 4.71. The molecule has 2 heteroatoms. The average Bonchev–Trinajstić information content (AvgIpc) is 2.61. The van der Waals surface area contributed by atoms with Crippen LogP contribution in [-0.4, -0.2) is 13.2 Å². The van der Waals surface area contributed by atoms with Crippen molar-refractivity contribution in [3.8, 4) is 5.75 Å². The average molecular weight is 294 g/mol. The van der Waals surface area contributed by atoms with E-state index >= 15 is 0 Å². The first-order valence-corrected chi connectivity index (χ1v) is 7.85. The largest absolute Gasteiger partial charge is 0.497 e. The lowest BCUT2D eigenvalue weighted by Crippen LogP contribution is -2.19. The van der Waals surface area contributed by atoms with Crippen LogP contribution in [-0.2, 0) is 11.2 Å². The molecule has 2 aromatic carbocycles. The van der Waals surface area contributed by atoms with E-state index in [1.165, 1.54) is 11.1 Å². The van der Waals surface area contributed by atoms with E-state index in [4.69, 9.17) is 9.47 Å². The minimum absolute atomic E-state index is 0.0560. The second-order valence-electron chi connectivity index (χ2n) is 5.64. The fraction of sp³-hybridized carbons (Fsp3) is 0.300. The maximum absolute atomic E-state index is 6.24. The number of ether oxygens (including phenoxy) is 2. The van der Waals surface area contributed by atoms with Gasteiger partial charge in [0.2, 0.25) is 0 Å². The Morgan fingerprint density at radius 3 is 2.55 bits per heavy atom. The Morgan fingerprint density at radius 2 is 1.82 bits per heavy atom. The Bertz CT molecular complexity index is 601. The summed E-state index contributed by atoms with van der Waals surface area (Å²) in [7, 11) is 1.69. The highest BCUT2D eigenvalue weighted by Gasteiger charge is 2.19. The summed E-state index contributed by atoms with van der Waals surface area (Å²) in [5.74, 6) is 0.879. The van der Waals surface area contributed by atoms with Gasteiger partial charge >= 0.3 is 0 Å². The summed E-state index contributed by atoms with van der Waals surface area (Å²) in [5.41, 5.74) is 2.56. The number of hydrogen-bond donors (Lipinski definition) is 0. The normalized spacial score (nSPS) is 20.8. The first-order chi connectivity index (χ1) is 10.8. The Morgan fingerprint density at radius 1 is 1.05 bits per heavy atom. The molecule has 1 aliphatic rings. The van der Waals surface area contributed by atoms with Crippen molar-refractivity contribution in [3.63, 3.8) is 0 Å². The molecule has 3 rings (SSSR count). The molecule has 0 unspecified atom stereocenters. The second-order valence-corrected chi connectivity index (χ2v) is 5.64. The van der Waals surface area contributed by atoms with Crippen LogP contribution in [0.2, 0.25) is 0 Å². The fourth-order valence-electron chi connectivity index (χ4n) is 2.80. The molecule has 0 aliphatic carbocycles. The molecule has 0 N–H and O–H groups in total. The predicted molar refractivity (Wildman–Crippen MR) is 89.1 cm³/mol. The molecule has 0 amide bonds. The molecule has 2 aromatic rings. The van der Waals surface area contributed by atoms with Crippen molar-refractivity contribution in [3.05, 3.63) is 77.9 Å². The van der Waals surface area contributed by atoms with Gasteiger partial charge in [0, 0.05) is 0 Å². The van der Waals surface area contributed by atoms with E-state index < -0.39 is 0 Å². The van der Waals surface area contributed by atoms with Gasteiger partial charge in [0.15, 0.2) is 0 Å². The van der Waals surface area contributed by atoms with Crippen molar-refractivity contribution in [1.82, 2.24) is 0 Å². The molecule has 0 spiro atoms. The van der Waals surface area contributed by atoms with Gasteiger partial charge in [-0.3, -0.25) is 0 Å². The van der Waals surface area contributed by atoms with Crippen molar-refractivity contribution in [2.24, 2.45) is 0 Å². The van der Waals surface area contributed by atoms with Crippen LogP contribution in [0, 0.1) is 0 Å². The maximum Gasteiger partial charge on any atom is 0.118 e. The minimum atomic E-state index is 0.0560. The van der Waals surface area contributed by atoms with E-state index in [1.54, 1.807) is 7.11 Å². The Balaban J connectivity index is 1.59. The SMILES string of the molecule is COc1ccc([C@H]2C=CC[C@H](CCc3ccccc3)O2)cc1. The highest BCUT2D eigenvalue weighted by atomic mass is 16.5. The Kier molecular flexibility index (Phi) is 4.92. The smallest absolute Gasteiger partial charge is 0.118 e. The lowest BCUT2D eigenvalue weighted by Gasteiger charge is -2.26. The molecule has 0 fully saturated rings. The summed E-state index contributed by atoms with van der Waals surface area (Å²) in [5, 5.41) is 0. The number of rotatable bonds is 5. The van der Waals surface area contributed by atoms with E-state index in [-0.39, 0.29) is 12.2 Å². The zero-order valence-corrected chi connectivity index (χ0v) is 12.9. The summed E-state index contributed by atoms with van der Waals surface area (Å²) in [6.07, 6.45) is 7.86. The summed E-state index contributed by atoms with van der Waals surface area (Å²) < 4.78 is 11.4. The third-order valence-corrected chi connectivity index (χ3v) is 4.09. The first-order valence-electron chi connectivity index (χ1n) is 7.85. The Labute approximate surface area is 132 Å². The topological polar surface area (TPSA) is 18.5 Å². The molecule has 0 saturated heterocycles. The van der Waals surface area contributed by atoms with Crippen LogP contribution < -0.4 is 4.74 Å². The second kappa shape index (κ2) is 7.28. The van der Waals surface area contributed by atoms with Gasteiger partial charge in [-0.1, -0.05) is 54.6 Å². The highest BCUT2D eigenvalue weighted by Crippen LogP contribution is 2.29. The van der Waals surface area contributed by atoms with E-state index in [9.17, 15) is 0 Å².